The average Bonchev–Trinajstić information content (AvgIpc) is 3.40. The number of amides is 1. The van der Waals surface area contributed by atoms with Crippen LogP contribution in [0.1, 0.15) is 27.4 Å². The van der Waals surface area contributed by atoms with Crippen LogP contribution in [0.3, 0.4) is 0 Å². The molecule has 4 rings (SSSR count). The molecule has 2 aromatic carbocycles. The molecule has 0 N–H and O–H groups in total. The fourth-order valence-electron chi connectivity index (χ4n) is 3.35. The predicted molar refractivity (Wildman–Crippen MR) is 119 cm³/mol. The van der Waals surface area contributed by atoms with E-state index in [1.807, 2.05) is 48.7 Å². The molecule has 4 nitrogen and oxygen atoms in total. The van der Waals surface area contributed by atoms with Crippen molar-refractivity contribution in [3.05, 3.63) is 118 Å². The van der Waals surface area contributed by atoms with E-state index in [0.29, 0.717) is 34.5 Å². The van der Waals surface area contributed by atoms with Crippen LogP contribution in [-0.2, 0) is 19.6 Å². The zero-order valence-electron chi connectivity index (χ0n) is 16.2. The van der Waals surface area contributed by atoms with Crippen LogP contribution in [0.5, 0.6) is 0 Å². The maximum absolute atomic E-state index is 13.3. The van der Waals surface area contributed by atoms with Crippen molar-refractivity contribution in [1.29, 1.82) is 0 Å². The van der Waals surface area contributed by atoms with Gasteiger partial charge in [0.1, 0.15) is 5.76 Å². The minimum absolute atomic E-state index is 0.180. The van der Waals surface area contributed by atoms with E-state index in [1.165, 1.54) is 5.56 Å². The van der Waals surface area contributed by atoms with Gasteiger partial charge in [-0.05, 0) is 48.0 Å². The van der Waals surface area contributed by atoms with E-state index in [9.17, 15) is 4.79 Å². The molecule has 1 amide bonds. The first-order chi connectivity index (χ1) is 14.6. The molecule has 0 spiro atoms. The number of aromatic nitrogens is 1. The Labute approximate surface area is 185 Å². The number of hydrogen-bond donors (Lipinski definition) is 0. The molecule has 0 saturated heterocycles. The number of carbonyl (C=O) groups excluding carboxylic acids is 1. The molecular formula is C24H20Cl2N2O2. The zero-order valence-corrected chi connectivity index (χ0v) is 17.7. The molecule has 0 saturated carbocycles. The lowest BCUT2D eigenvalue weighted by atomic mass is 10.2. The van der Waals surface area contributed by atoms with Gasteiger partial charge in [-0.1, -0.05) is 53.5 Å². The first-order valence-corrected chi connectivity index (χ1v) is 10.3. The van der Waals surface area contributed by atoms with Crippen LogP contribution in [0.2, 0.25) is 10.0 Å². The van der Waals surface area contributed by atoms with Crippen LogP contribution in [-0.4, -0.2) is 15.4 Å². The molecule has 0 atom stereocenters. The lowest BCUT2D eigenvalue weighted by Gasteiger charge is -2.23. The first-order valence-electron chi connectivity index (χ1n) is 9.55. The number of carbonyl (C=O) groups is 1. The number of halogens is 2. The highest BCUT2D eigenvalue weighted by molar-refractivity contribution is 6.36. The van der Waals surface area contributed by atoms with E-state index in [2.05, 4.69) is 16.7 Å². The van der Waals surface area contributed by atoms with Crippen molar-refractivity contribution >= 4 is 29.1 Å². The molecule has 0 aliphatic carbocycles. The van der Waals surface area contributed by atoms with Crippen molar-refractivity contribution in [1.82, 2.24) is 9.47 Å². The summed E-state index contributed by atoms with van der Waals surface area (Å²) >= 11 is 12.3. The molecule has 152 valence electrons. The third-order valence-electron chi connectivity index (χ3n) is 4.85. The molecule has 2 heterocycles. The van der Waals surface area contributed by atoms with Gasteiger partial charge in [-0.15, -0.1) is 0 Å². The highest BCUT2D eigenvalue weighted by Gasteiger charge is 2.21. The van der Waals surface area contributed by atoms with Crippen LogP contribution < -0.4 is 0 Å². The molecular weight excluding hydrogens is 419 g/mol. The molecule has 0 aliphatic rings. The van der Waals surface area contributed by atoms with Crippen molar-refractivity contribution in [3.63, 3.8) is 0 Å². The van der Waals surface area contributed by atoms with E-state index >= 15 is 0 Å². The normalized spacial score (nSPS) is 10.9. The molecule has 0 bridgehead atoms. The van der Waals surface area contributed by atoms with E-state index < -0.39 is 0 Å². The van der Waals surface area contributed by atoms with Gasteiger partial charge in [0.2, 0.25) is 0 Å². The van der Waals surface area contributed by atoms with Gasteiger partial charge in [-0.3, -0.25) is 4.79 Å². The number of hydrogen-bond acceptors (Lipinski definition) is 2. The molecule has 30 heavy (non-hydrogen) atoms. The van der Waals surface area contributed by atoms with Gasteiger partial charge >= 0.3 is 0 Å². The Morgan fingerprint density at radius 2 is 1.77 bits per heavy atom. The van der Waals surface area contributed by atoms with Gasteiger partial charge in [0, 0.05) is 23.5 Å². The Hall–Kier alpha value is -2.95. The molecule has 2 aromatic heterocycles. The Bertz CT molecular complexity index is 1120. The van der Waals surface area contributed by atoms with E-state index in [1.54, 1.807) is 29.4 Å². The van der Waals surface area contributed by atoms with Gasteiger partial charge in [0.05, 0.1) is 29.9 Å². The number of furan rings is 1. The minimum Gasteiger partial charge on any atom is -0.467 e. The van der Waals surface area contributed by atoms with Crippen LogP contribution in [0.25, 0.3) is 0 Å². The molecule has 0 unspecified atom stereocenters. The maximum atomic E-state index is 13.3. The van der Waals surface area contributed by atoms with Gasteiger partial charge in [-0.25, -0.2) is 0 Å². The summed E-state index contributed by atoms with van der Waals surface area (Å²) in [6, 6.07) is 22.8. The molecule has 0 radical (unpaired) electrons. The Morgan fingerprint density at radius 1 is 0.933 bits per heavy atom. The number of nitrogens with zero attached hydrogens (tertiary/aromatic N) is 2. The van der Waals surface area contributed by atoms with Crippen LogP contribution in [0.4, 0.5) is 0 Å². The highest BCUT2D eigenvalue weighted by Crippen LogP contribution is 2.24. The summed E-state index contributed by atoms with van der Waals surface area (Å²) in [7, 11) is 0. The summed E-state index contributed by atoms with van der Waals surface area (Å²) in [4.78, 5) is 15.1. The minimum atomic E-state index is -0.180. The van der Waals surface area contributed by atoms with Gasteiger partial charge in [0.25, 0.3) is 5.91 Å². The van der Waals surface area contributed by atoms with Crippen molar-refractivity contribution < 1.29 is 9.21 Å². The monoisotopic (exact) mass is 438 g/mol. The third-order valence-corrected chi connectivity index (χ3v) is 5.40. The van der Waals surface area contributed by atoms with Crippen molar-refractivity contribution in [2.45, 2.75) is 19.6 Å². The molecule has 6 heteroatoms. The predicted octanol–water partition coefficient (Wildman–Crippen LogP) is 6.28. The standard InChI is InChI=1S/C24H20Cl2N2O2/c25-19-10-11-22(23(26)14-19)24(29)28(17-21-9-5-13-30-21)16-20-8-4-12-27(20)15-18-6-2-1-3-7-18/h1-14H,15-17H2. The summed E-state index contributed by atoms with van der Waals surface area (Å²) in [5.74, 6) is 0.523. The smallest absolute Gasteiger partial charge is 0.256 e. The molecule has 4 aromatic rings. The summed E-state index contributed by atoms with van der Waals surface area (Å²) < 4.78 is 7.63. The Balaban J connectivity index is 1.61. The SMILES string of the molecule is O=C(c1ccc(Cl)cc1Cl)N(Cc1ccco1)Cc1cccn1Cc1ccccc1. The second-order valence-electron chi connectivity index (χ2n) is 6.98. The van der Waals surface area contributed by atoms with E-state index in [0.717, 1.165) is 12.2 Å². The fourth-order valence-corrected chi connectivity index (χ4v) is 3.84. The summed E-state index contributed by atoms with van der Waals surface area (Å²) in [5, 5.41) is 0.822. The zero-order chi connectivity index (χ0) is 20.9. The van der Waals surface area contributed by atoms with Gasteiger partial charge in [-0.2, -0.15) is 0 Å². The molecule has 0 aliphatic heterocycles. The highest BCUT2D eigenvalue weighted by atomic mass is 35.5. The van der Waals surface area contributed by atoms with E-state index in [4.69, 9.17) is 27.6 Å². The Kier molecular flexibility index (Phi) is 6.26. The maximum Gasteiger partial charge on any atom is 0.256 e. The second-order valence-corrected chi connectivity index (χ2v) is 7.82. The van der Waals surface area contributed by atoms with Gasteiger partial charge < -0.3 is 13.9 Å². The van der Waals surface area contributed by atoms with Crippen LogP contribution in [0, 0.1) is 0 Å². The average molecular weight is 439 g/mol. The van der Waals surface area contributed by atoms with Crippen molar-refractivity contribution in [2.24, 2.45) is 0 Å². The Morgan fingerprint density at radius 3 is 2.50 bits per heavy atom. The van der Waals surface area contributed by atoms with Crippen molar-refractivity contribution in [3.8, 4) is 0 Å². The topological polar surface area (TPSA) is 38.4 Å². The van der Waals surface area contributed by atoms with Crippen LogP contribution in [0.15, 0.2) is 89.7 Å². The summed E-state index contributed by atoms with van der Waals surface area (Å²) in [6.45, 7) is 1.48. The fraction of sp³-hybridized carbons (Fsp3) is 0.125. The lowest BCUT2D eigenvalue weighted by Crippen LogP contribution is -2.31. The van der Waals surface area contributed by atoms with Crippen molar-refractivity contribution in [2.75, 3.05) is 0 Å². The molecule has 0 fully saturated rings. The van der Waals surface area contributed by atoms with Crippen LogP contribution >= 0.6 is 23.2 Å². The number of benzene rings is 2. The third kappa shape index (κ3) is 4.78. The number of rotatable bonds is 7. The van der Waals surface area contributed by atoms with E-state index in [-0.39, 0.29) is 5.91 Å². The van der Waals surface area contributed by atoms with Gasteiger partial charge in [0.15, 0.2) is 0 Å². The first kappa shape index (κ1) is 20.3. The quantitative estimate of drug-likeness (QED) is 0.340. The summed E-state index contributed by atoms with van der Waals surface area (Å²) in [6.07, 6.45) is 3.62. The summed E-state index contributed by atoms with van der Waals surface area (Å²) in [5.41, 5.74) is 2.62. The second kappa shape index (κ2) is 9.24. The largest absolute Gasteiger partial charge is 0.467 e. The lowest BCUT2D eigenvalue weighted by molar-refractivity contribution is 0.0714.